The van der Waals surface area contributed by atoms with Crippen molar-refractivity contribution in [3.05, 3.63) is 59.7 Å². The van der Waals surface area contributed by atoms with E-state index in [-0.39, 0.29) is 35.3 Å². The van der Waals surface area contributed by atoms with Crippen LogP contribution in [0.25, 0.3) is 6.08 Å². The molecule has 2 aromatic carbocycles. The second kappa shape index (κ2) is 9.99. The Kier molecular flexibility index (Phi) is 7.37. The van der Waals surface area contributed by atoms with Crippen LogP contribution in [-0.2, 0) is 14.8 Å². The van der Waals surface area contributed by atoms with Crippen LogP contribution in [0.15, 0.2) is 53.4 Å². The number of hydrogen-bond donors (Lipinski definition) is 0. The van der Waals surface area contributed by atoms with Gasteiger partial charge in [0.1, 0.15) is 0 Å². The third kappa shape index (κ3) is 5.66. The summed E-state index contributed by atoms with van der Waals surface area (Å²) >= 11 is 0. The monoisotopic (exact) mass is 453 g/mol. The van der Waals surface area contributed by atoms with Crippen molar-refractivity contribution in [2.24, 2.45) is 0 Å². The van der Waals surface area contributed by atoms with Crippen LogP contribution in [0.1, 0.15) is 15.9 Å². The number of morpholine rings is 1. The third-order valence-corrected chi connectivity index (χ3v) is 6.49. The highest BCUT2D eigenvalue weighted by Crippen LogP contribution is 2.30. The van der Waals surface area contributed by atoms with Crippen LogP contribution in [0.2, 0.25) is 0 Å². The predicted molar refractivity (Wildman–Crippen MR) is 109 cm³/mol. The zero-order chi connectivity index (χ0) is 22.4. The molecule has 0 amide bonds. The van der Waals surface area contributed by atoms with Crippen molar-refractivity contribution < 1.29 is 36.2 Å². The molecule has 0 bridgehead atoms. The maximum absolute atomic E-state index is 12.6. The molecule has 1 saturated heterocycles. The van der Waals surface area contributed by atoms with E-state index in [9.17, 15) is 22.0 Å². The molecule has 0 spiro atoms. The Labute approximate surface area is 178 Å². The minimum absolute atomic E-state index is 0.104. The number of ketones is 1. The van der Waals surface area contributed by atoms with Gasteiger partial charge in [-0.3, -0.25) is 4.79 Å². The molecule has 0 atom stereocenters. The highest BCUT2D eigenvalue weighted by molar-refractivity contribution is 7.89. The minimum Gasteiger partial charge on any atom is -0.493 e. The number of methoxy groups -OCH3 is 1. The molecule has 166 valence electrons. The first-order valence-corrected chi connectivity index (χ1v) is 10.8. The van der Waals surface area contributed by atoms with Gasteiger partial charge in [-0.15, -0.1) is 0 Å². The zero-order valence-corrected chi connectivity index (χ0v) is 17.5. The van der Waals surface area contributed by atoms with Crippen LogP contribution in [0, 0.1) is 0 Å². The number of halogens is 2. The molecule has 0 N–H and O–H groups in total. The Morgan fingerprint density at radius 2 is 1.77 bits per heavy atom. The Morgan fingerprint density at radius 3 is 2.39 bits per heavy atom. The molecular weight excluding hydrogens is 432 g/mol. The molecule has 0 aliphatic carbocycles. The van der Waals surface area contributed by atoms with E-state index < -0.39 is 16.6 Å². The smallest absolute Gasteiger partial charge is 0.387 e. The maximum Gasteiger partial charge on any atom is 0.387 e. The molecule has 7 nitrogen and oxygen atoms in total. The van der Waals surface area contributed by atoms with Gasteiger partial charge >= 0.3 is 6.61 Å². The average molecular weight is 453 g/mol. The van der Waals surface area contributed by atoms with Crippen molar-refractivity contribution in [3.63, 3.8) is 0 Å². The van der Waals surface area contributed by atoms with E-state index >= 15 is 0 Å². The fraction of sp³-hybridized carbons (Fsp3) is 0.286. The lowest BCUT2D eigenvalue weighted by Gasteiger charge is -2.26. The summed E-state index contributed by atoms with van der Waals surface area (Å²) in [6.07, 6.45) is 2.79. The maximum atomic E-state index is 12.6. The molecule has 1 aliphatic rings. The van der Waals surface area contributed by atoms with Gasteiger partial charge in [-0.1, -0.05) is 12.1 Å². The highest BCUT2D eigenvalue weighted by Gasteiger charge is 2.26. The fourth-order valence-electron chi connectivity index (χ4n) is 2.98. The largest absolute Gasteiger partial charge is 0.493 e. The first-order valence-electron chi connectivity index (χ1n) is 9.34. The predicted octanol–water partition coefficient (Wildman–Crippen LogP) is 3.21. The van der Waals surface area contributed by atoms with Crippen LogP contribution in [0.3, 0.4) is 0 Å². The zero-order valence-electron chi connectivity index (χ0n) is 16.7. The number of sulfonamides is 1. The van der Waals surface area contributed by atoms with Gasteiger partial charge < -0.3 is 14.2 Å². The second-order valence-corrected chi connectivity index (χ2v) is 8.47. The van der Waals surface area contributed by atoms with Crippen LogP contribution >= 0.6 is 0 Å². The molecule has 0 radical (unpaired) electrons. The lowest BCUT2D eigenvalue weighted by molar-refractivity contribution is -0.0512. The molecule has 10 heteroatoms. The van der Waals surface area contributed by atoms with Gasteiger partial charge in [0.05, 0.1) is 25.2 Å². The van der Waals surface area contributed by atoms with Crippen LogP contribution in [0.5, 0.6) is 11.5 Å². The van der Waals surface area contributed by atoms with E-state index in [4.69, 9.17) is 9.47 Å². The van der Waals surface area contributed by atoms with Crippen LogP contribution in [-0.4, -0.2) is 58.5 Å². The molecule has 1 aliphatic heterocycles. The standard InChI is InChI=1S/C21H21F2NO6S/c1-28-20-14-15(3-9-19(20)30-21(22)23)2-8-18(25)16-4-6-17(7-5-16)31(26,27)24-10-12-29-13-11-24/h2-9,14,21H,10-13H2,1H3/b8-2+. The number of hydrogen-bond acceptors (Lipinski definition) is 6. The lowest BCUT2D eigenvalue weighted by Crippen LogP contribution is -2.40. The number of allylic oxidation sites excluding steroid dienone is 1. The molecule has 1 fully saturated rings. The number of rotatable bonds is 8. The number of nitrogens with zero attached hydrogens (tertiary/aromatic N) is 1. The Morgan fingerprint density at radius 1 is 1.10 bits per heavy atom. The summed E-state index contributed by atoms with van der Waals surface area (Å²) < 4.78 is 66.0. The van der Waals surface area contributed by atoms with Gasteiger partial charge in [0.25, 0.3) is 0 Å². The Balaban J connectivity index is 1.71. The summed E-state index contributed by atoms with van der Waals surface area (Å²) in [7, 11) is -2.32. The molecule has 1 heterocycles. The normalized spacial score (nSPS) is 15.4. The second-order valence-electron chi connectivity index (χ2n) is 6.53. The summed E-state index contributed by atoms with van der Waals surface area (Å²) in [6, 6.07) is 9.96. The average Bonchev–Trinajstić information content (AvgIpc) is 2.78. The fourth-order valence-corrected chi connectivity index (χ4v) is 4.38. The van der Waals surface area contributed by atoms with E-state index in [1.807, 2.05) is 0 Å². The summed E-state index contributed by atoms with van der Waals surface area (Å²) in [6.45, 7) is -1.71. The van der Waals surface area contributed by atoms with E-state index in [1.165, 1.54) is 66.0 Å². The lowest BCUT2D eigenvalue weighted by atomic mass is 10.1. The summed E-state index contributed by atoms with van der Waals surface area (Å²) in [4.78, 5) is 12.5. The topological polar surface area (TPSA) is 82.1 Å². The van der Waals surface area contributed by atoms with Crippen molar-refractivity contribution in [3.8, 4) is 11.5 Å². The van der Waals surface area contributed by atoms with Crippen molar-refractivity contribution in [1.82, 2.24) is 4.31 Å². The van der Waals surface area contributed by atoms with Gasteiger partial charge in [0.2, 0.25) is 10.0 Å². The van der Waals surface area contributed by atoms with Gasteiger partial charge in [0, 0.05) is 18.7 Å². The van der Waals surface area contributed by atoms with Crippen LogP contribution in [0.4, 0.5) is 8.78 Å². The summed E-state index contributed by atoms with van der Waals surface area (Å²) in [5, 5.41) is 0. The first-order chi connectivity index (χ1) is 14.8. The first kappa shape index (κ1) is 22.9. The van der Waals surface area contributed by atoms with Crippen molar-refractivity contribution in [2.75, 3.05) is 33.4 Å². The van der Waals surface area contributed by atoms with E-state index in [0.717, 1.165) is 0 Å². The quantitative estimate of drug-likeness (QED) is 0.451. The number of alkyl halides is 2. The van der Waals surface area contributed by atoms with Crippen molar-refractivity contribution >= 4 is 21.9 Å². The van der Waals surface area contributed by atoms with E-state index in [1.54, 1.807) is 0 Å². The number of benzene rings is 2. The van der Waals surface area contributed by atoms with Crippen molar-refractivity contribution in [1.29, 1.82) is 0 Å². The molecule has 3 rings (SSSR count). The molecule has 0 saturated carbocycles. The van der Waals surface area contributed by atoms with Gasteiger partial charge in [-0.2, -0.15) is 13.1 Å². The van der Waals surface area contributed by atoms with E-state index in [0.29, 0.717) is 24.3 Å². The molecule has 0 aromatic heterocycles. The number of carbonyl (C=O) groups is 1. The van der Waals surface area contributed by atoms with E-state index in [2.05, 4.69) is 4.74 Å². The Bertz CT molecular complexity index is 1050. The SMILES string of the molecule is COc1cc(/C=C/C(=O)c2ccc(S(=O)(=O)N3CCOCC3)cc2)ccc1OC(F)F. The molecule has 2 aromatic rings. The summed E-state index contributed by atoms with van der Waals surface area (Å²) in [5.74, 6) is -0.354. The van der Waals surface area contributed by atoms with Gasteiger partial charge in [-0.05, 0) is 48.0 Å². The molecule has 31 heavy (non-hydrogen) atoms. The number of ether oxygens (including phenoxy) is 3. The summed E-state index contributed by atoms with van der Waals surface area (Å²) in [5.41, 5.74) is 0.847. The molecule has 0 unspecified atom stereocenters. The Hall–Kier alpha value is -2.82. The molecular formula is C21H21F2NO6S. The van der Waals surface area contributed by atoms with Gasteiger partial charge in [0.15, 0.2) is 17.3 Å². The third-order valence-electron chi connectivity index (χ3n) is 4.58. The minimum atomic E-state index is -3.64. The highest BCUT2D eigenvalue weighted by atomic mass is 32.2. The van der Waals surface area contributed by atoms with Crippen LogP contribution < -0.4 is 9.47 Å². The van der Waals surface area contributed by atoms with Crippen molar-refractivity contribution in [2.45, 2.75) is 11.5 Å². The van der Waals surface area contributed by atoms with Gasteiger partial charge in [-0.25, -0.2) is 8.42 Å². The number of carbonyl (C=O) groups excluding carboxylic acids is 1.